The fraction of sp³-hybridized carbons (Fsp3) is 0.524. The van der Waals surface area contributed by atoms with Crippen molar-refractivity contribution in [1.29, 1.82) is 0 Å². The molecule has 2 aliphatic heterocycles. The lowest BCUT2D eigenvalue weighted by molar-refractivity contribution is 0.151. The van der Waals surface area contributed by atoms with Crippen molar-refractivity contribution >= 4 is 10.0 Å². The van der Waals surface area contributed by atoms with Gasteiger partial charge in [-0.15, -0.1) is 0 Å². The third-order valence-electron chi connectivity index (χ3n) is 6.18. The third-order valence-corrected chi connectivity index (χ3v) is 8.21. The third kappa shape index (κ3) is 3.76. The molecule has 1 aromatic heterocycles. The Labute approximate surface area is 171 Å². The van der Waals surface area contributed by atoms with E-state index in [-0.39, 0.29) is 12.1 Å². The van der Waals surface area contributed by atoms with Crippen LogP contribution in [0.5, 0.6) is 5.88 Å². The molecule has 7 nitrogen and oxygen atoms in total. The molecule has 29 heavy (non-hydrogen) atoms. The van der Waals surface area contributed by atoms with Crippen molar-refractivity contribution in [1.82, 2.24) is 19.2 Å². The van der Waals surface area contributed by atoms with Gasteiger partial charge in [0.2, 0.25) is 15.9 Å². The van der Waals surface area contributed by atoms with Crippen molar-refractivity contribution in [2.75, 3.05) is 26.2 Å². The van der Waals surface area contributed by atoms with Crippen LogP contribution in [0.15, 0.2) is 41.6 Å². The zero-order valence-corrected chi connectivity index (χ0v) is 17.4. The van der Waals surface area contributed by atoms with Gasteiger partial charge in [0.25, 0.3) is 0 Å². The fourth-order valence-electron chi connectivity index (χ4n) is 4.40. The van der Waals surface area contributed by atoms with Crippen LogP contribution in [0.1, 0.15) is 36.4 Å². The molecule has 2 atom stereocenters. The summed E-state index contributed by atoms with van der Waals surface area (Å²) >= 11 is 0. The summed E-state index contributed by atoms with van der Waals surface area (Å²) < 4.78 is 33.9. The van der Waals surface area contributed by atoms with Gasteiger partial charge in [0.1, 0.15) is 6.10 Å². The Balaban J connectivity index is 1.24. The highest BCUT2D eigenvalue weighted by Gasteiger charge is 2.41. The van der Waals surface area contributed by atoms with Gasteiger partial charge in [-0.2, -0.15) is 4.31 Å². The van der Waals surface area contributed by atoms with Crippen molar-refractivity contribution in [3.8, 4) is 5.88 Å². The van der Waals surface area contributed by atoms with E-state index in [2.05, 4.69) is 14.9 Å². The van der Waals surface area contributed by atoms with Gasteiger partial charge in [0.05, 0.1) is 23.0 Å². The molecule has 1 saturated carbocycles. The lowest BCUT2D eigenvalue weighted by atomic mass is 10.2. The highest BCUT2D eigenvalue weighted by Crippen LogP contribution is 2.38. The van der Waals surface area contributed by atoms with Crippen LogP contribution in [0, 0.1) is 6.92 Å². The minimum atomic E-state index is -3.47. The maximum Gasteiger partial charge on any atom is 0.243 e. The second-order valence-corrected chi connectivity index (χ2v) is 10.2. The predicted molar refractivity (Wildman–Crippen MR) is 108 cm³/mol. The van der Waals surface area contributed by atoms with Crippen LogP contribution in [0.4, 0.5) is 0 Å². The van der Waals surface area contributed by atoms with Gasteiger partial charge in [-0.3, -0.25) is 9.88 Å². The van der Waals surface area contributed by atoms with Gasteiger partial charge in [0, 0.05) is 44.6 Å². The average Bonchev–Trinajstić information content (AvgIpc) is 3.48. The highest BCUT2D eigenvalue weighted by molar-refractivity contribution is 7.89. The monoisotopic (exact) mass is 414 g/mol. The van der Waals surface area contributed by atoms with Crippen LogP contribution in [-0.4, -0.2) is 65.9 Å². The molecule has 0 amide bonds. The van der Waals surface area contributed by atoms with Gasteiger partial charge >= 0.3 is 0 Å². The van der Waals surface area contributed by atoms with Gasteiger partial charge in [-0.1, -0.05) is 18.2 Å². The molecule has 0 bridgehead atoms. The van der Waals surface area contributed by atoms with E-state index in [4.69, 9.17) is 4.74 Å². The molecule has 2 saturated heterocycles. The van der Waals surface area contributed by atoms with Crippen LogP contribution in [0.3, 0.4) is 0 Å². The smallest absolute Gasteiger partial charge is 0.243 e. The summed E-state index contributed by atoms with van der Waals surface area (Å²) in [5.41, 5.74) is 1.84. The van der Waals surface area contributed by atoms with Crippen LogP contribution in [-0.2, 0) is 10.0 Å². The first kappa shape index (κ1) is 19.0. The highest BCUT2D eigenvalue weighted by atomic mass is 32.2. The topological polar surface area (TPSA) is 75.6 Å². The summed E-state index contributed by atoms with van der Waals surface area (Å²) in [6.45, 7) is 4.38. The molecule has 0 radical (unpaired) electrons. The molecular formula is C21H26N4O3S. The predicted octanol–water partition coefficient (Wildman–Crippen LogP) is 2.19. The summed E-state index contributed by atoms with van der Waals surface area (Å²) in [5.74, 6) is 1.14. The first-order valence-corrected chi connectivity index (χ1v) is 11.7. The Kier molecular flexibility index (Phi) is 4.80. The number of hydrogen-bond acceptors (Lipinski definition) is 6. The Hall–Kier alpha value is -2.03. The zero-order valence-electron chi connectivity index (χ0n) is 16.6. The van der Waals surface area contributed by atoms with Crippen molar-refractivity contribution in [2.24, 2.45) is 0 Å². The minimum absolute atomic E-state index is 0.0159. The summed E-state index contributed by atoms with van der Waals surface area (Å²) in [5, 5.41) is 0. The number of benzene rings is 1. The van der Waals surface area contributed by atoms with Crippen molar-refractivity contribution in [3.63, 3.8) is 0 Å². The van der Waals surface area contributed by atoms with E-state index < -0.39 is 10.0 Å². The Bertz CT molecular complexity index is 991. The van der Waals surface area contributed by atoms with E-state index in [1.54, 1.807) is 22.6 Å². The molecule has 1 aliphatic carbocycles. The van der Waals surface area contributed by atoms with Gasteiger partial charge in [-0.25, -0.2) is 13.4 Å². The molecule has 2 aromatic rings. The largest absolute Gasteiger partial charge is 0.472 e. The SMILES string of the molecule is Cc1ccccc1S(=O)(=O)N1CCN2C[C@H](Oc3cnc(C4CC4)cn3)C[C@H]2C1. The minimum Gasteiger partial charge on any atom is -0.472 e. The van der Waals surface area contributed by atoms with E-state index in [1.165, 1.54) is 12.8 Å². The van der Waals surface area contributed by atoms with Crippen LogP contribution in [0.2, 0.25) is 0 Å². The first-order chi connectivity index (χ1) is 14.0. The summed E-state index contributed by atoms with van der Waals surface area (Å²) in [7, 11) is -3.47. The summed E-state index contributed by atoms with van der Waals surface area (Å²) in [4.78, 5) is 11.6. The van der Waals surface area contributed by atoms with E-state index >= 15 is 0 Å². The van der Waals surface area contributed by atoms with E-state index in [1.807, 2.05) is 25.3 Å². The Morgan fingerprint density at radius 3 is 2.62 bits per heavy atom. The number of sulfonamides is 1. The summed E-state index contributed by atoms with van der Waals surface area (Å²) in [6, 6.07) is 7.36. The summed E-state index contributed by atoms with van der Waals surface area (Å²) in [6.07, 6.45) is 6.77. The van der Waals surface area contributed by atoms with Crippen molar-refractivity contribution in [3.05, 3.63) is 47.9 Å². The Morgan fingerprint density at radius 1 is 1.07 bits per heavy atom. The number of rotatable bonds is 5. The molecule has 0 spiro atoms. The molecule has 3 heterocycles. The Morgan fingerprint density at radius 2 is 1.90 bits per heavy atom. The number of fused-ring (bicyclic) bond motifs is 1. The number of hydrogen-bond donors (Lipinski definition) is 0. The van der Waals surface area contributed by atoms with Gasteiger partial charge < -0.3 is 4.74 Å². The number of aryl methyl sites for hydroxylation is 1. The van der Waals surface area contributed by atoms with Crippen molar-refractivity contribution in [2.45, 2.75) is 49.1 Å². The fourth-order valence-corrected chi connectivity index (χ4v) is 6.10. The second kappa shape index (κ2) is 7.34. The van der Waals surface area contributed by atoms with Crippen LogP contribution in [0.25, 0.3) is 0 Å². The molecule has 5 rings (SSSR count). The number of piperazine rings is 1. The molecule has 3 fully saturated rings. The zero-order chi connectivity index (χ0) is 20.0. The molecule has 0 N–H and O–H groups in total. The molecular weight excluding hydrogens is 388 g/mol. The normalized spacial score (nSPS) is 25.7. The number of aromatic nitrogens is 2. The quantitative estimate of drug-likeness (QED) is 0.747. The maximum atomic E-state index is 13.1. The maximum absolute atomic E-state index is 13.1. The van der Waals surface area contributed by atoms with Crippen LogP contribution < -0.4 is 4.74 Å². The van der Waals surface area contributed by atoms with E-state index in [0.29, 0.717) is 29.8 Å². The lowest BCUT2D eigenvalue weighted by Gasteiger charge is -2.36. The first-order valence-electron chi connectivity index (χ1n) is 10.3. The number of ether oxygens (including phenoxy) is 1. The number of nitrogens with zero attached hydrogens (tertiary/aromatic N) is 4. The molecule has 8 heteroatoms. The van der Waals surface area contributed by atoms with E-state index in [0.717, 1.165) is 30.8 Å². The van der Waals surface area contributed by atoms with Gasteiger partial charge in [-0.05, 0) is 31.4 Å². The van der Waals surface area contributed by atoms with Crippen LogP contribution >= 0.6 is 0 Å². The lowest BCUT2D eigenvalue weighted by Crippen LogP contribution is -2.52. The average molecular weight is 415 g/mol. The second-order valence-electron chi connectivity index (χ2n) is 8.31. The molecule has 0 unspecified atom stereocenters. The molecule has 154 valence electrons. The van der Waals surface area contributed by atoms with Crippen molar-refractivity contribution < 1.29 is 13.2 Å². The van der Waals surface area contributed by atoms with E-state index in [9.17, 15) is 8.42 Å². The molecule has 3 aliphatic rings. The molecule has 1 aromatic carbocycles. The standard InChI is InChI=1S/C21H26N4O3S/c1-15-4-2-3-5-20(15)29(26,27)25-9-8-24-14-18(10-17(24)13-25)28-21-12-22-19(11-23-21)16-6-7-16/h2-5,11-12,16-18H,6-10,13-14H2,1H3/t17-,18+/m0/s1. The van der Waals surface area contributed by atoms with Gasteiger partial charge in [0.15, 0.2) is 0 Å².